The first-order valence-corrected chi connectivity index (χ1v) is 5.07. The second-order valence-corrected chi connectivity index (χ2v) is 4.16. The highest BCUT2D eigenvalue weighted by Crippen LogP contribution is 2.21. The zero-order valence-corrected chi connectivity index (χ0v) is 9.83. The molecule has 0 amide bonds. The quantitative estimate of drug-likeness (QED) is 0.695. The molecule has 0 radical (unpaired) electrons. The van der Waals surface area contributed by atoms with Crippen molar-refractivity contribution in [3.63, 3.8) is 0 Å². The molecule has 3 nitrogen and oxygen atoms in total. The van der Waals surface area contributed by atoms with E-state index in [9.17, 15) is 5.11 Å². The van der Waals surface area contributed by atoms with Crippen LogP contribution in [0.25, 0.3) is 0 Å². The maximum absolute atomic E-state index is 9.77. The van der Waals surface area contributed by atoms with Crippen molar-refractivity contribution in [3.05, 3.63) is 12.0 Å². The number of hydrogen-bond donors (Lipinski definition) is 1. The molecule has 0 rings (SSSR count). The van der Waals surface area contributed by atoms with E-state index in [0.717, 1.165) is 0 Å². The summed E-state index contributed by atoms with van der Waals surface area (Å²) in [6.45, 7) is 10.7. The van der Waals surface area contributed by atoms with Gasteiger partial charge < -0.3 is 14.6 Å². The fourth-order valence-electron chi connectivity index (χ4n) is 0.801. The maximum atomic E-state index is 9.77. The van der Waals surface area contributed by atoms with Crippen molar-refractivity contribution in [3.8, 4) is 0 Å². The Kier molecular flexibility index (Phi) is 5.62. The van der Waals surface area contributed by atoms with Gasteiger partial charge in [0.1, 0.15) is 0 Å². The van der Waals surface area contributed by atoms with Crippen LogP contribution in [0.5, 0.6) is 0 Å². The Labute approximate surface area is 86.7 Å². The predicted octanol–water partition coefficient (Wildman–Crippen LogP) is 2.31. The molecule has 0 spiro atoms. The Morgan fingerprint density at radius 3 is 1.93 bits per heavy atom. The van der Waals surface area contributed by atoms with Gasteiger partial charge in [-0.3, -0.25) is 0 Å². The van der Waals surface area contributed by atoms with Gasteiger partial charge in [-0.15, -0.1) is 0 Å². The summed E-state index contributed by atoms with van der Waals surface area (Å²) in [6, 6.07) is 0. The number of hydrogen-bond acceptors (Lipinski definition) is 3. The van der Waals surface area contributed by atoms with Gasteiger partial charge in [0, 0.05) is 6.08 Å². The lowest BCUT2D eigenvalue weighted by Gasteiger charge is -2.23. The van der Waals surface area contributed by atoms with E-state index in [1.165, 1.54) is 0 Å². The lowest BCUT2D eigenvalue weighted by atomic mass is 9.89. The molecule has 0 aliphatic carbocycles. The predicted molar refractivity (Wildman–Crippen MR) is 56.8 cm³/mol. The average molecular weight is 202 g/mol. The standard InChI is InChI=1S/C11H22O3/c1-6-13-10(14-7-2)8-9(12)11(3,4)5/h8-9,12H,6-7H2,1-5H3/t9-/m1/s1. The van der Waals surface area contributed by atoms with Gasteiger partial charge in [0.25, 0.3) is 5.95 Å². The molecule has 3 heteroatoms. The van der Waals surface area contributed by atoms with Crippen molar-refractivity contribution in [2.45, 2.75) is 40.7 Å². The molecule has 1 N–H and O–H groups in total. The van der Waals surface area contributed by atoms with E-state index >= 15 is 0 Å². The van der Waals surface area contributed by atoms with E-state index in [0.29, 0.717) is 19.2 Å². The minimum absolute atomic E-state index is 0.195. The first kappa shape index (κ1) is 13.3. The Bertz CT molecular complexity index is 171. The number of rotatable bonds is 5. The number of aliphatic hydroxyl groups is 1. The minimum Gasteiger partial charge on any atom is -0.466 e. The molecule has 1 atom stereocenters. The molecule has 0 heterocycles. The molecule has 0 bridgehead atoms. The summed E-state index contributed by atoms with van der Waals surface area (Å²) in [5, 5.41) is 9.77. The van der Waals surface area contributed by atoms with Gasteiger partial charge in [-0.05, 0) is 19.3 Å². The Morgan fingerprint density at radius 2 is 1.64 bits per heavy atom. The van der Waals surface area contributed by atoms with Crippen LogP contribution in [0, 0.1) is 5.41 Å². The smallest absolute Gasteiger partial charge is 0.277 e. The lowest BCUT2D eigenvalue weighted by molar-refractivity contribution is 0.0313. The fraction of sp³-hybridized carbons (Fsp3) is 0.818. The van der Waals surface area contributed by atoms with Crippen LogP contribution in [-0.4, -0.2) is 24.4 Å². The number of ether oxygens (including phenoxy) is 2. The van der Waals surface area contributed by atoms with E-state index in [1.54, 1.807) is 6.08 Å². The molecule has 14 heavy (non-hydrogen) atoms. The van der Waals surface area contributed by atoms with Gasteiger partial charge in [-0.2, -0.15) is 0 Å². The minimum atomic E-state index is -0.560. The van der Waals surface area contributed by atoms with Crippen molar-refractivity contribution < 1.29 is 14.6 Å². The topological polar surface area (TPSA) is 38.7 Å². The van der Waals surface area contributed by atoms with Crippen LogP contribution in [0.1, 0.15) is 34.6 Å². The average Bonchev–Trinajstić information content (AvgIpc) is 2.03. The Balaban J connectivity index is 4.39. The van der Waals surface area contributed by atoms with Crippen LogP contribution in [0.2, 0.25) is 0 Å². The molecule has 0 unspecified atom stereocenters. The normalized spacial score (nSPS) is 13.3. The van der Waals surface area contributed by atoms with Crippen LogP contribution in [0.15, 0.2) is 12.0 Å². The van der Waals surface area contributed by atoms with Crippen LogP contribution in [0.4, 0.5) is 0 Å². The molecule has 0 aliphatic heterocycles. The van der Waals surface area contributed by atoms with E-state index < -0.39 is 6.10 Å². The zero-order valence-electron chi connectivity index (χ0n) is 9.83. The van der Waals surface area contributed by atoms with Gasteiger partial charge in [0.05, 0.1) is 19.3 Å². The monoisotopic (exact) mass is 202 g/mol. The van der Waals surface area contributed by atoms with Crippen molar-refractivity contribution in [2.75, 3.05) is 13.2 Å². The molecule has 0 aromatic heterocycles. The molecular weight excluding hydrogens is 180 g/mol. The summed E-state index contributed by atoms with van der Waals surface area (Å²) < 4.78 is 10.5. The Morgan fingerprint density at radius 1 is 1.21 bits per heavy atom. The summed E-state index contributed by atoms with van der Waals surface area (Å²) >= 11 is 0. The van der Waals surface area contributed by atoms with Crippen LogP contribution < -0.4 is 0 Å². The van der Waals surface area contributed by atoms with Gasteiger partial charge >= 0.3 is 0 Å². The van der Waals surface area contributed by atoms with Crippen molar-refractivity contribution in [1.29, 1.82) is 0 Å². The summed E-state index contributed by atoms with van der Waals surface area (Å²) in [7, 11) is 0. The molecule has 0 aromatic rings. The summed E-state index contributed by atoms with van der Waals surface area (Å²) in [4.78, 5) is 0. The summed E-state index contributed by atoms with van der Waals surface area (Å²) in [5.74, 6) is 0.414. The third kappa shape index (κ3) is 5.12. The maximum Gasteiger partial charge on any atom is 0.277 e. The fourth-order valence-corrected chi connectivity index (χ4v) is 0.801. The number of aliphatic hydroxyl groups excluding tert-OH is 1. The van der Waals surface area contributed by atoms with Crippen molar-refractivity contribution >= 4 is 0 Å². The third-order valence-corrected chi connectivity index (χ3v) is 1.75. The molecule has 0 aliphatic rings. The highest BCUT2D eigenvalue weighted by molar-refractivity contribution is 4.95. The van der Waals surface area contributed by atoms with Gasteiger partial charge in [0.15, 0.2) is 0 Å². The first-order chi connectivity index (χ1) is 6.41. The third-order valence-electron chi connectivity index (χ3n) is 1.75. The molecule has 84 valence electrons. The van der Waals surface area contributed by atoms with E-state index in [4.69, 9.17) is 9.47 Å². The van der Waals surface area contributed by atoms with E-state index in [-0.39, 0.29) is 5.41 Å². The molecule has 0 aromatic carbocycles. The Hall–Kier alpha value is -0.700. The molecular formula is C11H22O3. The van der Waals surface area contributed by atoms with Crippen LogP contribution >= 0.6 is 0 Å². The van der Waals surface area contributed by atoms with Gasteiger partial charge in [0.2, 0.25) is 0 Å². The highest BCUT2D eigenvalue weighted by Gasteiger charge is 2.21. The van der Waals surface area contributed by atoms with Crippen molar-refractivity contribution in [2.24, 2.45) is 5.41 Å². The SMILES string of the molecule is CCOC(=C[C@@H](O)C(C)(C)C)OCC. The lowest BCUT2D eigenvalue weighted by Crippen LogP contribution is -2.24. The molecule has 0 fully saturated rings. The summed E-state index contributed by atoms with van der Waals surface area (Å²) in [5.41, 5.74) is -0.195. The van der Waals surface area contributed by atoms with Gasteiger partial charge in [-0.1, -0.05) is 20.8 Å². The van der Waals surface area contributed by atoms with Gasteiger partial charge in [-0.25, -0.2) is 0 Å². The summed E-state index contributed by atoms with van der Waals surface area (Å²) in [6.07, 6.45) is 1.06. The second-order valence-electron chi connectivity index (χ2n) is 4.16. The zero-order chi connectivity index (χ0) is 11.2. The largest absolute Gasteiger partial charge is 0.466 e. The first-order valence-electron chi connectivity index (χ1n) is 5.07. The molecule has 0 saturated carbocycles. The highest BCUT2D eigenvalue weighted by atomic mass is 16.7. The van der Waals surface area contributed by atoms with Crippen molar-refractivity contribution in [1.82, 2.24) is 0 Å². The van der Waals surface area contributed by atoms with Crippen LogP contribution in [-0.2, 0) is 9.47 Å². The van der Waals surface area contributed by atoms with E-state index in [2.05, 4.69) is 0 Å². The van der Waals surface area contributed by atoms with Crippen LogP contribution in [0.3, 0.4) is 0 Å². The molecule has 0 saturated heterocycles. The second kappa shape index (κ2) is 5.91. The van der Waals surface area contributed by atoms with E-state index in [1.807, 2.05) is 34.6 Å².